The zero-order valence-corrected chi connectivity index (χ0v) is 14.6. The average molecular weight is 402 g/mol. The minimum Gasteiger partial charge on any atom is -0.370 e. The number of amides is 1. The van der Waals surface area contributed by atoms with Crippen LogP contribution in [0.4, 0.5) is 0 Å². The Labute approximate surface area is 142 Å². The van der Waals surface area contributed by atoms with E-state index in [0.717, 1.165) is 37.4 Å². The molecule has 0 aromatic heterocycles. The Morgan fingerprint density at radius 2 is 2.00 bits per heavy atom. The maximum absolute atomic E-state index is 11.1. The Bertz CT molecular complexity index is 510. The fourth-order valence-electron chi connectivity index (χ4n) is 2.33. The van der Waals surface area contributed by atoms with Crippen molar-refractivity contribution in [2.75, 3.05) is 13.1 Å². The third-order valence-electron chi connectivity index (χ3n) is 3.74. The number of benzene rings is 1. The van der Waals surface area contributed by atoms with Crippen LogP contribution in [-0.4, -0.2) is 29.9 Å². The van der Waals surface area contributed by atoms with Gasteiger partial charge in [0.15, 0.2) is 5.96 Å². The van der Waals surface area contributed by atoms with Crippen molar-refractivity contribution in [3.8, 4) is 0 Å². The third-order valence-corrected chi connectivity index (χ3v) is 3.74. The van der Waals surface area contributed by atoms with E-state index in [-0.39, 0.29) is 24.0 Å². The summed E-state index contributed by atoms with van der Waals surface area (Å²) in [6.07, 6.45) is 2.32. The summed E-state index contributed by atoms with van der Waals surface area (Å²) < 4.78 is 0. The van der Waals surface area contributed by atoms with E-state index in [1.54, 1.807) is 12.1 Å². The van der Waals surface area contributed by atoms with E-state index >= 15 is 0 Å². The number of guanidine groups is 1. The van der Waals surface area contributed by atoms with Gasteiger partial charge in [-0.15, -0.1) is 24.0 Å². The summed E-state index contributed by atoms with van der Waals surface area (Å²) in [7, 11) is 0. The second-order valence-corrected chi connectivity index (χ2v) is 5.41. The van der Waals surface area contributed by atoms with E-state index < -0.39 is 5.91 Å². The molecule has 0 aliphatic carbocycles. The molecule has 0 radical (unpaired) electrons. The van der Waals surface area contributed by atoms with Gasteiger partial charge in [-0.25, -0.2) is 4.99 Å². The average Bonchev–Trinajstić information content (AvgIpc) is 2.46. The standard InChI is InChI=1S/C15H22N4O.HI/c1-11-5-7-19(8-6-11)15(17)18-10-12-3-2-4-13(9-12)14(16)20;/h2-4,9,11H,5-8,10H2,1H3,(H2,16,20)(H2,17,18);1H. The molecule has 0 bridgehead atoms. The number of rotatable bonds is 3. The van der Waals surface area contributed by atoms with Crippen molar-refractivity contribution < 1.29 is 4.79 Å². The summed E-state index contributed by atoms with van der Waals surface area (Å²) >= 11 is 0. The molecule has 1 aliphatic heterocycles. The van der Waals surface area contributed by atoms with Crippen LogP contribution in [0.3, 0.4) is 0 Å². The van der Waals surface area contributed by atoms with Gasteiger partial charge in [-0.2, -0.15) is 0 Å². The van der Waals surface area contributed by atoms with Crippen molar-refractivity contribution in [3.05, 3.63) is 35.4 Å². The summed E-state index contributed by atoms with van der Waals surface area (Å²) in [5.74, 6) is 0.932. The lowest BCUT2D eigenvalue weighted by Crippen LogP contribution is -2.42. The van der Waals surface area contributed by atoms with Crippen LogP contribution in [0.1, 0.15) is 35.7 Å². The number of primary amides is 1. The molecule has 6 heteroatoms. The molecule has 5 nitrogen and oxygen atoms in total. The molecule has 0 atom stereocenters. The molecule has 1 heterocycles. The number of nitrogens with zero attached hydrogens (tertiary/aromatic N) is 2. The van der Waals surface area contributed by atoms with E-state index in [2.05, 4.69) is 16.8 Å². The Hall–Kier alpha value is -1.31. The molecule has 0 unspecified atom stereocenters. The monoisotopic (exact) mass is 402 g/mol. The molecule has 21 heavy (non-hydrogen) atoms. The van der Waals surface area contributed by atoms with E-state index in [1.165, 1.54) is 0 Å². The van der Waals surface area contributed by atoms with Gasteiger partial charge in [0.2, 0.25) is 5.91 Å². The second kappa shape index (κ2) is 8.21. The van der Waals surface area contributed by atoms with E-state index in [0.29, 0.717) is 18.1 Å². The van der Waals surface area contributed by atoms with Gasteiger partial charge in [0, 0.05) is 18.7 Å². The number of hydrogen-bond acceptors (Lipinski definition) is 2. The maximum Gasteiger partial charge on any atom is 0.248 e. The van der Waals surface area contributed by atoms with Gasteiger partial charge < -0.3 is 16.4 Å². The van der Waals surface area contributed by atoms with Gasteiger partial charge in [0.05, 0.1) is 6.54 Å². The molecule has 1 aromatic carbocycles. The van der Waals surface area contributed by atoms with E-state index in [4.69, 9.17) is 11.5 Å². The van der Waals surface area contributed by atoms with Crippen molar-refractivity contribution in [2.24, 2.45) is 22.4 Å². The van der Waals surface area contributed by atoms with Gasteiger partial charge in [-0.1, -0.05) is 19.1 Å². The quantitative estimate of drug-likeness (QED) is 0.461. The van der Waals surface area contributed by atoms with Crippen LogP contribution in [0.25, 0.3) is 0 Å². The lowest BCUT2D eigenvalue weighted by Gasteiger charge is -2.31. The zero-order chi connectivity index (χ0) is 14.5. The highest BCUT2D eigenvalue weighted by atomic mass is 127. The van der Waals surface area contributed by atoms with Crippen molar-refractivity contribution >= 4 is 35.8 Å². The van der Waals surface area contributed by atoms with Gasteiger partial charge in [-0.05, 0) is 36.5 Å². The van der Waals surface area contributed by atoms with Crippen LogP contribution in [0, 0.1) is 5.92 Å². The fourth-order valence-corrected chi connectivity index (χ4v) is 2.33. The maximum atomic E-state index is 11.1. The number of piperidine rings is 1. The first-order valence-corrected chi connectivity index (χ1v) is 7.00. The van der Waals surface area contributed by atoms with E-state index in [1.807, 2.05) is 12.1 Å². The summed E-state index contributed by atoms with van der Waals surface area (Å²) in [6.45, 7) is 4.68. The van der Waals surface area contributed by atoms with Gasteiger partial charge in [-0.3, -0.25) is 4.79 Å². The van der Waals surface area contributed by atoms with Crippen LogP contribution in [0.15, 0.2) is 29.3 Å². The first kappa shape index (κ1) is 17.7. The Kier molecular flexibility index (Phi) is 6.94. The molecule has 1 fully saturated rings. The molecule has 0 spiro atoms. The predicted molar refractivity (Wildman–Crippen MR) is 95.7 cm³/mol. The highest BCUT2D eigenvalue weighted by Crippen LogP contribution is 2.15. The van der Waals surface area contributed by atoms with Crippen LogP contribution < -0.4 is 11.5 Å². The van der Waals surface area contributed by atoms with Crippen LogP contribution in [-0.2, 0) is 6.54 Å². The third kappa shape index (κ3) is 5.18. The molecule has 1 aliphatic rings. The number of halogens is 1. The van der Waals surface area contributed by atoms with Crippen LogP contribution in [0.2, 0.25) is 0 Å². The summed E-state index contributed by atoms with van der Waals surface area (Å²) in [6, 6.07) is 7.19. The van der Waals surface area contributed by atoms with Gasteiger partial charge in [0.1, 0.15) is 0 Å². The minimum atomic E-state index is -0.422. The molecule has 1 amide bonds. The summed E-state index contributed by atoms with van der Waals surface area (Å²) in [5.41, 5.74) is 12.7. The molecule has 2 rings (SSSR count). The van der Waals surface area contributed by atoms with Crippen LogP contribution >= 0.6 is 24.0 Å². The lowest BCUT2D eigenvalue weighted by atomic mass is 10.00. The van der Waals surface area contributed by atoms with Gasteiger partial charge >= 0.3 is 0 Å². The van der Waals surface area contributed by atoms with Crippen molar-refractivity contribution in [3.63, 3.8) is 0 Å². The van der Waals surface area contributed by atoms with Crippen molar-refractivity contribution in [1.82, 2.24) is 4.90 Å². The molecule has 116 valence electrons. The Balaban J connectivity index is 0.00000220. The zero-order valence-electron chi connectivity index (χ0n) is 12.3. The van der Waals surface area contributed by atoms with Gasteiger partial charge in [0.25, 0.3) is 0 Å². The molecular formula is C15H23IN4O. The lowest BCUT2D eigenvalue weighted by molar-refractivity contribution is 0.1000. The fraction of sp³-hybridized carbons (Fsp3) is 0.467. The Morgan fingerprint density at radius 1 is 1.33 bits per heavy atom. The Morgan fingerprint density at radius 3 is 2.62 bits per heavy atom. The summed E-state index contributed by atoms with van der Waals surface area (Å²) in [5, 5.41) is 0. The number of carbonyl (C=O) groups is 1. The SMILES string of the molecule is CC1CCN(C(N)=NCc2cccc(C(N)=O)c2)CC1.I. The largest absolute Gasteiger partial charge is 0.370 e. The topological polar surface area (TPSA) is 84.7 Å². The highest BCUT2D eigenvalue weighted by molar-refractivity contribution is 14.0. The van der Waals surface area contributed by atoms with Crippen LogP contribution in [0.5, 0.6) is 0 Å². The molecule has 1 saturated heterocycles. The second-order valence-electron chi connectivity index (χ2n) is 5.41. The molecule has 4 N–H and O–H groups in total. The summed E-state index contributed by atoms with van der Waals surface area (Å²) in [4.78, 5) is 17.7. The predicted octanol–water partition coefficient (Wildman–Crippen LogP) is 1.95. The number of likely N-dealkylation sites (tertiary alicyclic amines) is 1. The molecule has 1 aromatic rings. The van der Waals surface area contributed by atoms with E-state index in [9.17, 15) is 4.79 Å². The normalized spacial score (nSPS) is 16.4. The first-order valence-electron chi connectivity index (χ1n) is 7.00. The number of aliphatic imine (C=N–C) groups is 1. The smallest absolute Gasteiger partial charge is 0.248 e. The molecule has 0 saturated carbocycles. The molecular weight excluding hydrogens is 379 g/mol. The number of nitrogens with two attached hydrogens (primary N) is 2. The first-order chi connectivity index (χ1) is 9.56. The number of carbonyl (C=O) groups excluding carboxylic acids is 1. The van der Waals surface area contributed by atoms with Crippen molar-refractivity contribution in [1.29, 1.82) is 0 Å². The van der Waals surface area contributed by atoms with Crippen molar-refractivity contribution in [2.45, 2.75) is 26.3 Å². The highest BCUT2D eigenvalue weighted by Gasteiger charge is 2.16. The minimum absolute atomic E-state index is 0. The number of hydrogen-bond donors (Lipinski definition) is 2.